The van der Waals surface area contributed by atoms with E-state index in [1.54, 1.807) is 36.4 Å². The van der Waals surface area contributed by atoms with Gasteiger partial charge in [-0.1, -0.05) is 38.3 Å². The van der Waals surface area contributed by atoms with E-state index >= 15 is 0 Å². The monoisotopic (exact) mass is 396 g/mol. The maximum atomic E-state index is 12.0. The number of nitro benzene ring substituents is 1. The lowest BCUT2D eigenvalue weighted by Gasteiger charge is -2.06. The molecule has 0 fully saturated rings. The van der Waals surface area contributed by atoms with E-state index in [1.165, 1.54) is 24.3 Å². The Morgan fingerprint density at radius 3 is 2.55 bits per heavy atom. The summed E-state index contributed by atoms with van der Waals surface area (Å²) >= 11 is 0. The highest BCUT2D eigenvalue weighted by Crippen LogP contribution is 2.15. The average molecular weight is 396 g/mol. The molecule has 1 amide bonds. The smallest absolute Gasteiger partial charge is 0.338 e. The number of rotatable bonds is 10. The Morgan fingerprint density at radius 1 is 1.10 bits per heavy atom. The predicted octanol–water partition coefficient (Wildman–Crippen LogP) is 4.98. The first-order valence-electron chi connectivity index (χ1n) is 9.50. The summed E-state index contributed by atoms with van der Waals surface area (Å²) in [5.41, 5.74) is 1.45. The lowest BCUT2D eigenvalue weighted by molar-refractivity contribution is -0.384. The number of hydrogen-bond donors (Lipinski definition) is 1. The second-order valence-corrected chi connectivity index (χ2v) is 6.45. The highest BCUT2D eigenvalue weighted by atomic mass is 16.6. The molecule has 0 aliphatic heterocycles. The van der Waals surface area contributed by atoms with Gasteiger partial charge in [0.05, 0.1) is 17.1 Å². The van der Waals surface area contributed by atoms with E-state index in [0.717, 1.165) is 25.7 Å². The Balaban J connectivity index is 1.85. The molecule has 0 aliphatic rings. The zero-order chi connectivity index (χ0) is 21.1. The summed E-state index contributed by atoms with van der Waals surface area (Å²) in [4.78, 5) is 34.3. The van der Waals surface area contributed by atoms with Crippen molar-refractivity contribution in [2.75, 3.05) is 11.9 Å². The molecule has 0 radical (unpaired) electrons. The van der Waals surface area contributed by atoms with Crippen LogP contribution in [0.15, 0.2) is 54.6 Å². The minimum atomic E-state index is -0.491. The summed E-state index contributed by atoms with van der Waals surface area (Å²) in [5.74, 6) is -0.771. The van der Waals surface area contributed by atoms with Crippen LogP contribution in [-0.2, 0) is 9.53 Å². The minimum absolute atomic E-state index is 0.0413. The van der Waals surface area contributed by atoms with Crippen LogP contribution in [0.1, 0.15) is 48.5 Å². The van der Waals surface area contributed by atoms with Crippen LogP contribution in [0.5, 0.6) is 0 Å². The number of non-ortho nitro benzene ring substituents is 1. The Morgan fingerprint density at radius 2 is 1.86 bits per heavy atom. The van der Waals surface area contributed by atoms with Gasteiger partial charge in [-0.25, -0.2) is 4.79 Å². The molecule has 0 saturated heterocycles. The quantitative estimate of drug-likeness (QED) is 0.201. The van der Waals surface area contributed by atoms with E-state index in [4.69, 9.17) is 4.74 Å². The zero-order valence-corrected chi connectivity index (χ0v) is 16.3. The fourth-order valence-corrected chi connectivity index (χ4v) is 2.56. The van der Waals surface area contributed by atoms with Crippen LogP contribution >= 0.6 is 0 Å². The number of unbranched alkanes of at least 4 members (excludes halogenated alkanes) is 3. The van der Waals surface area contributed by atoms with E-state index < -0.39 is 4.92 Å². The number of carbonyl (C=O) groups is 2. The van der Waals surface area contributed by atoms with Crippen molar-refractivity contribution in [2.45, 2.75) is 32.6 Å². The summed E-state index contributed by atoms with van der Waals surface area (Å²) in [6.45, 7) is 2.52. The summed E-state index contributed by atoms with van der Waals surface area (Å²) in [6.07, 6.45) is 6.93. The second kappa shape index (κ2) is 11.4. The highest BCUT2D eigenvalue weighted by molar-refractivity contribution is 6.02. The lowest BCUT2D eigenvalue weighted by atomic mass is 10.2. The number of esters is 1. The van der Waals surface area contributed by atoms with Gasteiger partial charge in [0, 0.05) is 23.9 Å². The van der Waals surface area contributed by atoms with Crippen molar-refractivity contribution in [2.24, 2.45) is 0 Å². The number of amides is 1. The number of benzene rings is 2. The summed E-state index contributed by atoms with van der Waals surface area (Å²) < 4.78 is 5.22. The van der Waals surface area contributed by atoms with Crippen LogP contribution in [0.25, 0.3) is 6.08 Å². The molecule has 2 rings (SSSR count). The molecular formula is C22H24N2O5. The van der Waals surface area contributed by atoms with E-state index in [9.17, 15) is 19.7 Å². The number of nitrogens with zero attached hydrogens (tertiary/aromatic N) is 1. The molecule has 29 heavy (non-hydrogen) atoms. The summed E-state index contributed by atoms with van der Waals surface area (Å²) in [5, 5.41) is 13.4. The standard InChI is InChI=1S/C22H24N2O5/c1-2-3-4-5-15-29-22(26)18-10-12-19(13-11-18)23-21(25)14-9-17-7-6-8-20(16-17)24(27)28/h6-14,16H,2-5,15H2,1H3,(H,23,25)/b14-9+. The van der Waals surface area contributed by atoms with Crippen molar-refractivity contribution in [3.05, 3.63) is 75.8 Å². The number of ether oxygens (including phenoxy) is 1. The average Bonchev–Trinajstić information content (AvgIpc) is 2.72. The largest absolute Gasteiger partial charge is 0.462 e. The van der Waals surface area contributed by atoms with Gasteiger partial charge in [0.2, 0.25) is 5.91 Å². The van der Waals surface area contributed by atoms with E-state index in [1.807, 2.05) is 0 Å². The maximum Gasteiger partial charge on any atom is 0.338 e. The minimum Gasteiger partial charge on any atom is -0.462 e. The molecule has 0 spiro atoms. The molecule has 7 nitrogen and oxygen atoms in total. The van der Waals surface area contributed by atoms with Crippen molar-refractivity contribution < 1.29 is 19.2 Å². The van der Waals surface area contributed by atoms with Gasteiger partial charge in [0.1, 0.15) is 0 Å². The molecule has 0 aliphatic carbocycles. The van der Waals surface area contributed by atoms with E-state index in [-0.39, 0.29) is 17.6 Å². The van der Waals surface area contributed by atoms with Crippen molar-refractivity contribution in [3.8, 4) is 0 Å². The van der Waals surface area contributed by atoms with Crippen LogP contribution in [0.4, 0.5) is 11.4 Å². The molecule has 0 bridgehead atoms. The number of carbonyl (C=O) groups excluding carboxylic acids is 2. The van der Waals surface area contributed by atoms with Gasteiger partial charge in [-0.3, -0.25) is 14.9 Å². The molecule has 0 heterocycles. The predicted molar refractivity (Wildman–Crippen MR) is 112 cm³/mol. The van der Waals surface area contributed by atoms with Crippen LogP contribution in [-0.4, -0.2) is 23.4 Å². The van der Waals surface area contributed by atoms with Gasteiger partial charge in [-0.15, -0.1) is 0 Å². The van der Waals surface area contributed by atoms with Gasteiger partial charge < -0.3 is 10.1 Å². The van der Waals surface area contributed by atoms with Crippen molar-refractivity contribution in [3.63, 3.8) is 0 Å². The third-order valence-electron chi connectivity index (χ3n) is 4.13. The Labute approximate surface area is 169 Å². The first-order chi connectivity index (χ1) is 14.0. The van der Waals surface area contributed by atoms with Gasteiger partial charge in [-0.2, -0.15) is 0 Å². The molecule has 0 aromatic heterocycles. The van der Waals surface area contributed by atoms with Crippen LogP contribution in [0.3, 0.4) is 0 Å². The van der Waals surface area contributed by atoms with Crippen LogP contribution in [0.2, 0.25) is 0 Å². The van der Waals surface area contributed by atoms with Gasteiger partial charge >= 0.3 is 5.97 Å². The molecule has 0 saturated carbocycles. The van der Waals surface area contributed by atoms with Gasteiger partial charge in [0.15, 0.2) is 0 Å². The molecule has 7 heteroatoms. The Bertz CT molecular complexity index is 875. The molecule has 152 valence electrons. The molecule has 2 aromatic carbocycles. The zero-order valence-electron chi connectivity index (χ0n) is 16.3. The van der Waals surface area contributed by atoms with Gasteiger partial charge in [0.25, 0.3) is 5.69 Å². The fraction of sp³-hybridized carbons (Fsp3) is 0.273. The number of hydrogen-bond acceptors (Lipinski definition) is 5. The molecule has 2 aromatic rings. The van der Waals surface area contributed by atoms with E-state index in [0.29, 0.717) is 23.4 Å². The van der Waals surface area contributed by atoms with Gasteiger partial charge in [-0.05, 0) is 42.3 Å². The third kappa shape index (κ3) is 7.57. The number of anilines is 1. The Kier molecular flexibility index (Phi) is 8.56. The number of nitrogens with one attached hydrogen (secondary N) is 1. The van der Waals surface area contributed by atoms with Crippen molar-refractivity contribution in [1.29, 1.82) is 0 Å². The summed E-state index contributed by atoms with van der Waals surface area (Å²) in [6, 6.07) is 12.4. The second-order valence-electron chi connectivity index (χ2n) is 6.45. The molecular weight excluding hydrogens is 372 g/mol. The third-order valence-corrected chi connectivity index (χ3v) is 4.13. The molecule has 0 atom stereocenters. The van der Waals surface area contributed by atoms with Crippen molar-refractivity contribution in [1.82, 2.24) is 0 Å². The Hall–Kier alpha value is -3.48. The highest BCUT2D eigenvalue weighted by Gasteiger charge is 2.08. The molecule has 1 N–H and O–H groups in total. The first-order valence-corrected chi connectivity index (χ1v) is 9.50. The molecule has 0 unspecified atom stereocenters. The lowest BCUT2D eigenvalue weighted by Crippen LogP contribution is -2.09. The normalized spacial score (nSPS) is 10.7. The van der Waals surface area contributed by atoms with Crippen molar-refractivity contribution >= 4 is 29.3 Å². The van der Waals surface area contributed by atoms with Crippen LogP contribution < -0.4 is 5.32 Å². The fourth-order valence-electron chi connectivity index (χ4n) is 2.56. The topological polar surface area (TPSA) is 98.5 Å². The number of nitro groups is 1. The first kappa shape index (κ1) is 21.8. The SMILES string of the molecule is CCCCCCOC(=O)c1ccc(NC(=O)/C=C/c2cccc([N+](=O)[O-])c2)cc1. The van der Waals surface area contributed by atoms with Crippen LogP contribution in [0, 0.1) is 10.1 Å². The van der Waals surface area contributed by atoms with E-state index in [2.05, 4.69) is 12.2 Å². The summed E-state index contributed by atoms with van der Waals surface area (Å²) in [7, 11) is 0. The maximum absolute atomic E-state index is 12.0.